The first-order valence-corrected chi connectivity index (χ1v) is 5.54. The minimum Gasteiger partial charge on any atom is -0.303 e. The lowest BCUT2D eigenvalue weighted by Crippen LogP contribution is -2.25. The van der Waals surface area contributed by atoms with Gasteiger partial charge in [0.25, 0.3) is 0 Å². The van der Waals surface area contributed by atoms with E-state index in [0.29, 0.717) is 13.0 Å². The van der Waals surface area contributed by atoms with Crippen molar-refractivity contribution < 1.29 is 9.18 Å². The summed E-state index contributed by atoms with van der Waals surface area (Å²) in [6.07, 6.45) is 2.86. The molecule has 0 aliphatic rings. The third-order valence-corrected chi connectivity index (χ3v) is 2.62. The van der Waals surface area contributed by atoms with Gasteiger partial charge in [-0.05, 0) is 19.2 Å². The van der Waals surface area contributed by atoms with Gasteiger partial charge < -0.3 is 4.90 Å². The number of aromatic nitrogens is 1. The van der Waals surface area contributed by atoms with Crippen LogP contribution in [0.25, 0.3) is 0 Å². The molecular weight excluding hydrogens is 207 g/mol. The van der Waals surface area contributed by atoms with E-state index in [1.807, 2.05) is 13.8 Å². The Kier molecular flexibility index (Phi) is 5.05. The Morgan fingerprint density at radius 1 is 1.44 bits per heavy atom. The molecule has 0 unspecified atom stereocenters. The van der Waals surface area contributed by atoms with Gasteiger partial charge in [0.05, 0.1) is 11.8 Å². The molecule has 0 fully saturated rings. The van der Waals surface area contributed by atoms with Gasteiger partial charge in [0.2, 0.25) is 0 Å². The van der Waals surface area contributed by atoms with Gasteiger partial charge in [0.15, 0.2) is 11.6 Å². The first-order valence-electron chi connectivity index (χ1n) is 5.54. The van der Waals surface area contributed by atoms with Crippen LogP contribution in [0.1, 0.15) is 30.6 Å². The van der Waals surface area contributed by atoms with Gasteiger partial charge in [-0.15, -0.1) is 0 Å². The van der Waals surface area contributed by atoms with Crippen molar-refractivity contribution in [3.05, 3.63) is 29.8 Å². The second-order valence-electron chi connectivity index (χ2n) is 3.56. The second-order valence-corrected chi connectivity index (χ2v) is 3.56. The molecule has 0 amide bonds. The zero-order valence-electron chi connectivity index (χ0n) is 9.74. The van der Waals surface area contributed by atoms with Gasteiger partial charge in [-0.25, -0.2) is 4.39 Å². The van der Waals surface area contributed by atoms with Crippen molar-refractivity contribution in [2.45, 2.75) is 20.3 Å². The number of hydrogen-bond acceptors (Lipinski definition) is 3. The predicted molar refractivity (Wildman–Crippen MR) is 60.9 cm³/mol. The maximum absolute atomic E-state index is 13.2. The van der Waals surface area contributed by atoms with Gasteiger partial charge in [-0.3, -0.25) is 9.78 Å². The number of nitrogens with zero attached hydrogens (tertiary/aromatic N) is 2. The van der Waals surface area contributed by atoms with Crippen molar-refractivity contribution in [1.82, 2.24) is 9.88 Å². The van der Waals surface area contributed by atoms with Crippen LogP contribution in [0.3, 0.4) is 0 Å². The molecule has 1 aromatic rings. The maximum atomic E-state index is 13.2. The largest absolute Gasteiger partial charge is 0.303 e. The molecule has 0 atom stereocenters. The van der Waals surface area contributed by atoms with Crippen molar-refractivity contribution in [3.8, 4) is 0 Å². The van der Waals surface area contributed by atoms with Crippen LogP contribution in [0.2, 0.25) is 0 Å². The molecule has 16 heavy (non-hydrogen) atoms. The van der Waals surface area contributed by atoms with Crippen LogP contribution in [-0.4, -0.2) is 35.3 Å². The summed E-state index contributed by atoms with van der Waals surface area (Å²) in [5, 5.41) is 0. The number of rotatable bonds is 6. The monoisotopic (exact) mass is 224 g/mol. The lowest BCUT2D eigenvalue weighted by Gasteiger charge is -2.17. The number of pyridine rings is 1. The fourth-order valence-corrected chi connectivity index (χ4v) is 1.54. The first kappa shape index (κ1) is 12.8. The molecule has 0 bridgehead atoms. The van der Waals surface area contributed by atoms with E-state index in [0.717, 1.165) is 19.3 Å². The van der Waals surface area contributed by atoms with E-state index in [-0.39, 0.29) is 11.3 Å². The Morgan fingerprint density at radius 2 is 2.12 bits per heavy atom. The molecule has 0 N–H and O–H groups in total. The van der Waals surface area contributed by atoms with Gasteiger partial charge >= 0.3 is 0 Å². The molecule has 0 radical (unpaired) electrons. The number of Topliss-reactive ketones (excluding diaryl/α,β-unsaturated/α-hetero) is 1. The summed E-state index contributed by atoms with van der Waals surface area (Å²) in [6, 6.07) is 1.43. The fraction of sp³-hybridized carbons (Fsp3) is 0.500. The third-order valence-electron chi connectivity index (χ3n) is 2.62. The number of hydrogen-bond donors (Lipinski definition) is 0. The zero-order chi connectivity index (χ0) is 12.0. The fourth-order valence-electron chi connectivity index (χ4n) is 1.54. The third kappa shape index (κ3) is 3.38. The number of halogens is 1. The molecule has 0 aliphatic heterocycles. The van der Waals surface area contributed by atoms with E-state index >= 15 is 0 Å². The lowest BCUT2D eigenvalue weighted by molar-refractivity contribution is 0.0962. The molecular formula is C12H17FN2O. The quantitative estimate of drug-likeness (QED) is 0.694. The summed E-state index contributed by atoms with van der Waals surface area (Å²) in [5.41, 5.74) is 0.141. The van der Waals surface area contributed by atoms with E-state index in [9.17, 15) is 9.18 Å². The van der Waals surface area contributed by atoms with E-state index in [2.05, 4.69) is 9.88 Å². The molecule has 4 heteroatoms. The normalized spacial score (nSPS) is 10.8. The predicted octanol–water partition coefficient (Wildman–Crippen LogP) is 2.14. The molecule has 0 saturated heterocycles. The van der Waals surface area contributed by atoms with Crippen molar-refractivity contribution in [1.29, 1.82) is 0 Å². The topological polar surface area (TPSA) is 33.2 Å². The lowest BCUT2D eigenvalue weighted by atomic mass is 10.1. The van der Waals surface area contributed by atoms with Crippen molar-refractivity contribution in [2.75, 3.05) is 19.6 Å². The second kappa shape index (κ2) is 6.33. The molecule has 0 aliphatic carbocycles. The Hall–Kier alpha value is -1.29. The number of carbonyl (C=O) groups is 1. The van der Waals surface area contributed by atoms with Crippen LogP contribution >= 0.6 is 0 Å². The highest BCUT2D eigenvalue weighted by atomic mass is 19.1. The van der Waals surface area contributed by atoms with E-state index in [1.54, 1.807) is 0 Å². The Labute approximate surface area is 95.3 Å². The van der Waals surface area contributed by atoms with Gasteiger partial charge in [0.1, 0.15) is 0 Å². The average molecular weight is 224 g/mol. The minimum atomic E-state index is -0.535. The molecule has 0 spiro atoms. The highest BCUT2D eigenvalue weighted by Crippen LogP contribution is 2.08. The summed E-state index contributed by atoms with van der Waals surface area (Å²) in [6.45, 7) is 6.57. The SMILES string of the molecule is CCN(CC)CCC(=O)c1ccncc1F. The zero-order valence-corrected chi connectivity index (χ0v) is 9.74. The van der Waals surface area contributed by atoms with Gasteiger partial charge in [0, 0.05) is 19.2 Å². The Balaban J connectivity index is 2.56. The highest BCUT2D eigenvalue weighted by Gasteiger charge is 2.12. The first-order chi connectivity index (χ1) is 7.69. The summed E-state index contributed by atoms with van der Waals surface area (Å²) in [7, 11) is 0. The standard InChI is InChI=1S/C12H17FN2O/c1-3-15(4-2)8-6-12(16)10-5-7-14-9-11(10)13/h5,7,9H,3-4,6,8H2,1-2H3. The van der Waals surface area contributed by atoms with Crippen LogP contribution < -0.4 is 0 Å². The van der Waals surface area contributed by atoms with Gasteiger partial charge in [-0.1, -0.05) is 13.8 Å². The minimum absolute atomic E-state index is 0.141. The van der Waals surface area contributed by atoms with Crippen LogP contribution in [0.4, 0.5) is 4.39 Å². The molecule has 3 nitrogen and oxygen atoms in total. The molecule has 0 saturated carbocycles. The van der Waals surface area contributed by atoms with Crippen LogP contribution in [0.5, 0.6) is 0 Å². The smallest absolute Gasteiger partial charge is 0.167 e. The van der Waals surface area contributed by atoms with Crippen LogP contribution in [0, 0.1) is 5.82 Å². The van der Waals surface area contributed by atoms with Crippen molar-refractivity contribution >= 4 is 5.78 Å². The van der Waals surface area contributed by atoms with Crippen molar-refractivity contribution in [2.24, 2.45) is 0 Å². The summed E-state index contributed by atoms with van der Waals surface area (Å²) in [5.74, 6) is -0.696. The number of carbonyl (C=O) groups excluding carboxylic acids is 1. The Morgan fingerprint density at radius 3 is 2.69 bits per heavy atom. The van der Waals surface area contributed by atoms with Crippen molar-refractivity contribution in [3.63, 3.8) is 0 Å². The van der Waals surface area contributed by atoms with Gasteiger partial charge in [-0.2, -0.15) is 0 Å². The van der Waals surface area contributed by atoms with E-state index < -0.39 is 5.82 Å². The maximum Gasteiger partial charge on any atom is 0.167 e. The molecule has 1 aromatic heterocycles. The molecule has 1 rings (SSSR count). The van der Waals surface area contributed by atoms with Crippen LogP contribution in [-0.2, 0) is 0 Å². The molecule has 1 heterocycles. The summed E-state index contributed by atoms with van der Waals surface area (Å²) >= 11 is 0. The average Bonchev–Trinajstić information content (AvgIpc) is 2.30. The van der Waals surface area contributed by atoms with Crippen LogP contribution in [0.15, 0.2) is 18.5 Å². The summed E-state index contributed by atoms with van der Waals surface area (Å²) < 4.78 is 13.2. The highest BCUT2D eigenvalue weighted by molar-refractivity contribution is 5.96. The Bertz CT molecular complexity index is 351. The van der Waals surface area contributed by atoms with E-state index in [4.69, 9.17) is 0 Å². The molecule has 88 valence electrons. The summed E-state index contributed by atoms with van der Waals surface area (Å²) in [4.78, 5) is 17.5. The van der Waals surface area contributed by atoms with E-state index in [1.165, 1.54) is 12.3 Å². The number of ketones is 1. The molecule has 0 aromatic carbocycles.